The van der Waals surface area contributed by atoms with Crippen LogP contribution in [0, 0.1) is 0 Å². The van der Waals surface area contributed by atoms with E-state index in [1.165, 1.54) is 5.70 Å². The summed E-state index contributed by atoms with van der Waals surface area (Å²) in [6, 6.07) is 0. The Balaban J connectivity index is 3.38. The molecule has 1 heteroatoms. The lowest BCUT2D eigenvalue weighted by Gasteiger charge is -2.02. The molecule has 1 nitrogen and oxygen atoms in total. The van der Waals surface area contributed by atoms with Gasteiger partial charge in [-0.3, -0.25) is 0 Å². The molecule has 0 saturated carbocycles. The Morgan fingerprint density at radius 3 is 2.25 bits per heavy atom. The van der Waals surface area contributed by atoms with Crippen molar-refractivity contribution in [3.63, 3.8) is 0 Å². The van der Waals surface area contributed by atoms with Crippen LogP contribution in [0.2, 0.25) is 0 Å². The highest BCUT2D eigenvalue weighted by Crippen LogP contribution is 1.92. The van der Waals surface area contributed by atoms with Crippen LogP contribution in [0.25, 0.3) is 0 Å². The van der Waals surface area contributed by atoms with Crippen molar-refractivity contribution >= 4 is 0 Å². The first kappa shape index (κ1) is 7.54. The quantitative estimate of drug-likeness (QED) is 0.589. The summed E-state index contributed by atoms with van der Waals surface area (Å²) in [7, 11) is 0. The minimum absolute atomic E-state index is 1.04. The molecule has 0 bridgehead atoms. The lowest BCUT2D eigenvalue weighted by molar-refractivity contribution is 0.804. The third kappa shape index (κ3) is 2.67. The Hall–Kier alpha value is -0.460. The molecule has 0 atom stereocenters. The molecule has 0 unspecified atom stereocenters. The van der Waals surface area contributed by atoms with Gasteiger partial charge in [0.15, 0.2) is 0 Å². The van der Waals surface area contributed by atoms with Gasteiger partial charge < -0.3 is 5.32 Å². The van der Waals surface area contributed by atoms with Gasteiger partial charge in [-0.25, -0.2) is 0 Å². The molecule has 0 fully saturated rings. The summed E-state index contributed by atoms with van der Waals surface area (Å²) < 4.78 is 0. The molecule has 0 aromatic rings. The van der Waals surface area contributed by atoms with Gasteiger partial charge in [0.1, 0.15) is 0 Å². The Bertz CT molecular complexity index is 74.5. The van der Waals surface area contributed by atoms with Crippen LogP contribution in [-0.2, 0) is 0 Å². The third-order valence-corrected chi connectivity index (χ3v) is 1.13. The van der Waals surface area contributed by atoms with Crippen molar-refractivity contribution in [3.05, 3.63) is 11.8 Å². The third-order valence-electron chi connectivity index (χ3n) is 1.13. The van der Waals surface area contributed by atoms with Gasteiger partial charge >= 0.3 is 0 Å². The summed E-state index contributed by atoms with van der Waals surface area (Å²) in [5.41, 5.74) is 1.34. The minimum atomic E-state index is 1.04. The molecular weight excluding hydrogens is 98.1 g/mol. The number of hydrogen-bond acceptors (Lipinski definition) is 1. The molecule has 0 saturated heterocycles. The maximum atomic E-state index is 3.24. The van der Waals surface area contributed by atoms with Gasteiger partial charge in [0.2, 0.25) is 0 Å². The first-order valence-electron chi connectivity index (χ1n) is 3.24. The molecule has 0 spiro atoms. The van der Waals surface area contributed by atoms with Crippen LogP contribution >= 0.6 is 0 Å². The van der Waals surface area contributed by atoms with E-state index in [2.05, 4.69) is 32.2 Å². The lowest BCUT2D eigenvalue weighted by Crippen LogP contribution is -2.10. The van der Waals surface area contributed by atoms with Crippen LogP contribution in [0.5, 0.6) is 0 Å². The van der Waals surface area contributed by atoms with Crippen molar-refractivity contribution in [1.29, 1.82) is 0 Å². The van der Waals surface area contributed by atoms with Crippen LogP contribution in [0.1, 0.15) is 27.2 Å². The van der Waals surface area contributed by atoms with Crippen LogP contribution in [0.3, 0.4) is 0 Å². The maximum Gasteiger partial charge on any atom is 0.0115 e. The highest BCUT2D eigenvalue weighted by Gasteiger charge is 1.83. The average Bonchev–Trinajstić information content (AvgIpc) is 1.83. The van der Waals surface area contributed by atoms with Crippen molar-refractivity contribution in [2.24, 2.45) is 0 Å². The summed E-state index contributed by atoms with van der Waals surface area (Å²) in [5.74, 6) is 0. The van der Waals surface area contributed by atoms with Gasteiger partial charge in [0.05, 0.1) is 0 Å². The molecule has 1 N–H and O–H groups in total. The van der Waals surface area contributed by atoms with Crippen molar-refractivity contribution in [2.75, 3.05) is 6.54 Å². The molecule has 0 rings (SSSR count). The summed E-state index contributed by atoms with van der Waals surface area (Å²) in [6.45, 7) is 7.35. The van der Waals surface area contributed by atoms with E-state index in [-0.39, 0.29) is 0 Å². The molecule has 0 heterocycles. The monoisotopic (exact) mass is 113 g/mol. The number of rotatable bonds is 3. The van der Waals surface area contributed by atoms with Crippen molar-refractivity contribution in [2.45, 2.75) is 27.2 Å². The second kappa shape index (κ2) is 4.69. The lowest BCUT2D eigenvalue weighted by atomic mass is 10.3. The van der Waals surface area contributed by atoms with Crippen molar-refractivity contribution in [1.82, 2.24) is 5.32 Å². The second-order valence-corrected chi connectivity index (χ2v) is 1.70. The zero-order valence-corrected chi connectivity index (χ0v) is 5.99. The van der Waals surface area contributed by atoms with Gasteiger partial charge in [-0.2, -0.15) is 0 Å². The predicted octanol–water partition coefficient (Wildman–Crippen LogP) is 1.91. The highest BCUT2D eigenvalue weighted by atomic mass is 14.9. The minimum Gasteiger partial charge on any atom is -0.389 e. The van der Waals surface area contributed by atoms with Gasteiger partial charge in [-0.1, -0.05) is 13.0 Å². The molecule has 0 amide bonds. The molecule has 0 aliphatic carbocycles. The predicted molar refractivity (Wildman–Crippen MR) is 37.7 cm³/mol. The SMILES string of the molecule is C/C=C(/CC)NCC. The number of nitrogens with one attached hydrogen (secondary N) is 1. The Morgan fingerprint density at radius 1 is 1.50 bits per heavy atom. The van der Waals surface area contributed by atoms with E-state index in [1.54, 1.807) is 0 Å². The fraction of sp³-hybridized carbons (Fsp3) is 0.714. The zero-order valence-electron chi connectivity index (χ0n) is 5.99. The normalized spacial score (nSPS) is 11.6. The Morgan fingerprint density at radius 2 is 2.12 bits per heavy atom. The summed E-state index contributed by atoms with van der Waals surface area (Å²) in [4.78, 5) is 0. The van der Waals surface area contributed by atoms with E-state index < -0.39 is 0 Å². The molecule has 0 aliphatic heterocycles. The summed E-state index contributed by atoms with van der Waals surface area (Å²) in [5, 5.41) is 3.24. The largest absolute Gasteiger partial charge is 0.389 e. The molecule has 8 heavy (non-hydrogen) atoms. The number of hydrogen-bond donors (Lipinski definition) is 1. The van der Waals surface area contributed by atoms with Gasteiger partial charge in [-0.15, -0.1) is 0 Å². The van der Waals surface area contributed by atoms with E-state index >= 15 is 0 Å². The standard InChI is InChI=1S/C7H15N/c1-4-7(5-2)8-6-3/h4,8H,5-6H2,1-3H3/b7-4-. The van der Waals surface area contributed by atoms with Crippen molar-refractivity contribution in [3.8, 4) is 0 Å². The summed E-state index contributed by atoms with van der Waals surface area (Å²) >= 11 is 0. The van der Waals surface area contributed by atoms with Gasteiger partial charge in [0, 0.05) is 12.2 Å². The molecule has 0 aromatic carbocycles. The highest BCUT2D eigenvalue weighted by molar-refractivity contribution is 4.95. The fourth-order valence-corrected chi connectivity index (χ4v) is 0.658. The smallest absolute Gasteiger partial charge is 0.0115 e. The molecule has 0 aliphatic rings. The van der Waals surface area contributed by atoms with E-state index in [9.17, 15) is 0 Å². The molecule has 48 valence electrons. The Kier molecular flexibility index (Phi) is 4.42. The Labute approximate surface area is 51.8 Å². The van der Waals surface area contributed by atoms with Crippen molar-refractivity contribution < 1.29 is 0 Å². The van der Waals surface area contributed by atoms with Crippen LogP contribution in [0.15, 0.2) is 11.8 Å². The first-order chi connectivity index (χ1) is 3.85. The van der Waals surface area contributed by atoms with Crippen LogP contribution < -0.4 is 5.32 Å². The zero-order chi connectivity index (χ0) is 6.41. The average molecular weight is 113 g/mol. The first-order valence-corrected chi connectivity index (χ1v) is 3.24. The topological polar surface area (TPSA) is 12.0 Å². The maximum absolute atomic E-state index is 3.24. The van der Waals surface area contributed by atoms with Crippen LogP contribution in [-0.4, -0.2) is 6.54 Å². The van der Waals surface area contributed by atoms with E-state index in [0.29, 0.717) is 0 Å². The van der Waals surface area contributed by atoms with Gasteiger partial charge in [-0.05, 0) is 20.3 Å². The fourth-order valence-electron chi connectivity index (χ4n) is 0.658. The molecular formula is C7H15N. The van der Waals surface area contributed by atoms with Crippen LogP contribution in [0.4, 0.5) is 0 Å². The van der Waals surface area contributed by atoms with E-state index in [1.807, 2.05) is 0 Å². The number of allylic oxidation sites excluding steroid dienone is 2. The van der Waals surface area contributed by atoms with E-state index in [0.717, 1.165) is 13.0 Å². The second-order valence-electron chi connectivity index (χ2n) is 1.70. The summed E-state index contributed by atoms with van der Waals surface area (Å²) in [6.07, 6.45) is 3.23. The van der Waals surface area contributed by atoms with Gasteiger partial charge in [0.25, 0.3) is 0 Å². The molecule has 0 aromatic heterocycles. The van der Waals surface area contributed by atoms with E-state index in [4.69, 9.17) is 0 Å². The molecule has 0 radical (unpaired) electrons.